The highest BCUT2D eigenvalue weighted by Gasteiger charge is 2.21. The number of thiophene rings is 1. The van der Waals surface area contributed by atoms with Crippen LogP contribution in [0.15, 0.2) is 41.8 Å². The van der Waals surface area contributed by atoms with E-state index in [1.54, 1.807) is 6.07 Å². The maximum atomic E-state index is 12.2. The van der Waals surface area contributed by atoms with Crippen molar-refractivity contribution in [2.45, 2.75) is 25.4 Å². The second kappa shape index (κ2) is 7.59. The highest BCUT2D eigenvalue weighted by molar-refractivity contribution is 7.12. The van der Waals surface area contributed by atoms with E-state index in [9.17, 15) is 9.59 Å². The number of carbonyl (C=O) groups is 2. The number of nitrogens with zero attached hydrogens (tertiary/aromatic N) is 1. The first kappa shape index (κ1) is 16.7. The molecule has 0 radical (unpaired) electrons. The lowest BCUT2D eigenvalue weighted by molar-refractivity contribution is 0.0701. The Hall–Kier alpha value is -2.18. The predicted molar refractivity (Wildman–Crippen MR) is 93.5 cm³/mol. The lowest BCUT2D eigenvalue weighted by Gasteiger charge is -2.32. The van der Waals surface area contributed by atoms with Crippen LogP contribution in [0.25, 0.3) is 0 Å². The lowest BCUT2D eigenvalue weighted by Crippen LogP contribution is -2.44. The van der Waals surface area contributed by atoms with Gasteiger partial charge in [0.25, 0.3) is 5.91 Å². The molecule has 0 saturated carbocycles. The van der Waals surface area contributed by atoms with Crippen LogP contribution in [0.1, 0.15) is 38.4 Å². The number of aromatic carboxylic acids is 1. The molecule has 0 aliphatic carbocycles. The molecule has 1 aliphatic heterocycles. The third-order valence-corrected chi connectivity index (χ3v) is 5.20. The number of carbonyl (C=O) groups excluding carboxylic acids is 1. The molecule has 1 aromatic heterocycles. The van der Waals surface area contributed by atoms with Crippen LogP contribution in [-0.4, -0.2) is 41.0 Å². The molecule has 1 amide bonds. The van der Waals surface area contributed by atoms with E-state index in [0.29, 0.717) is 10.4 Å². The molecule has 2 N–H and O–H groups in total. The Morgan fingerprint density at radius 3 is 2.54 bits per heavy atom. The zero-order chi connectivity index (χ0) is 16.9. The van der Waals surface area contributed by atoms with Crippen molar-refractivity contribution in [3.05, 3.63) is 57.8 Å². The summed E-state index contributed by atoms with van der Waals surface area (Å²) in [5, 5.41) is 14.0. The molecule has 0 unspecified atom stereocenters. The summed E-state index contributed by atoms with van der Waals surface area (Å²) in [6.07, 6.45) is 1.82. The second-order valence-corrected chi connectivity index (χ2v) is 6.93. The van der Waals surface area contributed by atoms with Gasteiger partial charge in [-0.15, -0.1) is 11.3 Å². The lowest BCUT2D eigenvalue weighted by atomic mass is 10.0. The van der Waals surface area contributed by atoms with Gasteiger partial charge in [-0.2, -0.15) is 0 Å². The van der Waals surface area contributed by atoms with Crippen LogP contribution in [0.4, 0.5) is 0 Å². The van der Waals surface area contributed by atoms with Crippen molar-refractivity contribution in [2.24, 2.45) is 0 Å². The number of hydrogen-bond donors (Lipinski definition) is 2. The Kier molecular flexibility index (Phi) is 5.27. The fourth-order valence-electron chi connectivity index (χ4n) is 2.92. The second-order valence-electron chi connectivity index (χ2n) is 6.01. The zero-order valence-corrected chi connectivity index (χ0v) is 14.1. The van der Waals surface area contributed by atoms with E-state index in [1.807, 2.05) is 35.7 Å². The van der Waals surface area contributed by atoms with Gasteiger partial charge in [0.2, 0.25) is 0 Å². The van der Waals surface area contributed by atoms with Gasteiger partial charge in [-0.1, -0.05) is 18.2 Å². The van der Waals surface area contributed by atoms with E-state index < -0.39 is 5.97 Å². The highest BCUT2D eigenvalue weighted by Crippen LogP contribution is 2.19. The minimum absolute atomic E-state index is 0.0158. The van der Waals surface area contributed by atoms with Gasteiger partial charge in [0.15, 0.2) is 0 Å². The molecule has 3 rings (SSSR count). The first-order valence-corrected chi connectivity index (χ1v) is 8.89. The average molecular weight is 344 g/mol. The van der Waals surface area contributed by atoms with Gasteiger partial charge in [-0.05, 0) is 42.0 Å². The zero-order valence-electron chi connectivity index (χ0n) is 13.3. The number of carboxylic acid groups (broad SMARTS) is 1. The SMILES string of the molecule is O=C(NC1CCN(Cc2csc(C(=O)O)c2)CC1)c1ccccc1. The summed E-state index contributed by atoms with van der Waals surface area (Å²) in [4.78, 5) is 25.8. The van der Waals surface area contributed by atoms with Gasteiger partial charge in [-0.25, -0.2) is 4.79 Å². The Labute approximate surface area is 144 Å². The fourth-order valence-corrected chi connectivity index (χ4v) is 3.66. The molecule has 0 atom stereocenters. The smallest absolute Gasteiger partial charge is 0.345 e. The largest absolute Gasteiger partial charge is 0.477 e. The summed E-state index contributed by atoms with van der Waals surface area (Å²) in [5.41, 5.74) is 1.74. The van der Waals surface area contributed by atoms with Gasteiger partial charge >= 0.3 is 5.97 Å². The van der Waals surface area contributed by atoms with Crippen LogP contribution in [0, 0.1) is 0 Å². The van der Waals surface area contributed by atoms with Crippen LogP contribution < -0.4 is 5.32 Å². The van der Waals surface area contributed by atoms with Crippen LogP contribution in [0.3, 0.4) is 0 Å². The first-order valence-electron chi connectivity index (χ1n) is 8.01. The summed E-state index contributed by atoms with van der Waals surface area (Å²) in [7, 11) is 0. The van der Waals surface area contributed by atoms with Gasteiger partial charge < -0.3 is 10.4 Å². The summed E-state index contributed by atoms with van der Waals surface area (Å²) < 4.78 is 0. The molecule has 1 aromatic carbocycles. The number of likely N-dealkylation sites (tertiary alicyclic amines) is 1. The van der Waals surface area contributed by atoms with Crippen molar-refractivity contribution >= 4 is 23.2 Å². The van der Waals surface area contributed by atoms with Crippen LogP contribution >= 0.6 is 11.3 Å². The molecule has 2 heterocycles. The first-order chi connectivity index (χ1) is 11.6. The Morgan fingerprint density at radius 1 is 1.21 bits per heavy atom. The molecule has 5 nitrogen and oxygen atoms in total. The van der Waals surface area contributed by atoms with Crippen molar-refractivity contribution in [2.75, 3.05) is 13.1 Å². The Balaban J connectivity index is 1.47. The summed E-state index contributed by atoms with van der Waals surface area (Å²) in [6.45, 7) is 2.57. The molecule has 1 aliphatic rings. The number of piperidine rings is 1. The van der Waals surface area contributed by atoms with Crippen molar-refractivity contribution in [1.82, 2.24) is 10.2 Å². The third-order valence-electron chi connectivity index (χ3n) is 4.23. The van der Waals surface area contributed by atoms with Crippen molar-refractivity contribution in [1.29, 1.82) is 0 Å². The van der Waals surface area contributed by atoms with Crippen molar-refractivity contribution < 1.29 is 14.7 Å². The predicted octanol–water partition coefficient (Wildman–Crippen LogP) is 2.84. The Morgan fingerprint density at radius 2 is 1.92 bits per heavy atom. The molecular formula is C18H20N2O3S. The third kappa shape index (κ3) is 4.21. The summed E-state index contributed by atoms with van der Waals surface area (Å²) in [6, 6.07) is 11.2. The quantitative estimate of drug-likeness (QED) is 0.875. The maximum absolute atomic E-state index is 12.2. The van der Waals surface area contributed by atoms with Crippen LogP contribution in [0.5, 0.6) is 0 Å². The van der Waals surface area contributed by atoms with E-state index in [0.717, 1.165) is 38.0 Å². The average Bonchev–Trinajstić information content (AvgIpc) is 3.06. The van der Waals surface area contributed by atoms with Gasteiger partial charge in [-0.3, -0.25) is 9.69 Å². The van der Waals surface area contributed by atoms with Crippen LogP contribution in [-0.2, 0) is 6.54 Å². The number of nitrogens with one attached hydrogen (secondary N) is 1. The number of carboxylic acids is 1. The van der Waals surface area contributed by atoms with Gasteiger partial charge in [0.05, 0.1) is 0 Å². The van der Waals surface area contributed by atoms with Gasteiger partial charge in [0.1, 0.15) is 4.88 Å². The monoisotopic (exact) mass is 344 g/mol. The van der Waals surface area contributed by atoms with Crippen molar-refractivity contribution in [3.8, 4) is 0 Å². The topological polar surface area (TPSA) is 69.6 Å². The van der Waals surface area contributed by atoms with E-state index in [-0.39, 0.29) is 11.9 Å². The van der Waals surface area contributed by atoms with E-state index in [2.05, 4.69) is 10.2 Å². The molecule has 24 heavy (non-hydrogen) atoms. The van der Waals surface area contributed by atoms with Crippen LogP contribution in [0.2, 0.25) is 0 Å². The molecule has 1 fully saturated rings. The summed E-state index contributed by atoms with van der Waals surface area (Å²) >= 11 is 1.27. The number of amides is 1. The molecule has 1 saturated heterocycles. The highest BCUT2D eigenvalue weighted by atomic mass is 32.1. The minimum Gasteiger partial charge on any atom is -0.477 e. The van der Waals surface area contributed by atoms with Gasteiger partial charge in [0, 0.05) is 31.2 Å². The van der Waals surface area contributed by atoms with E-state index >= 15 is 0 Å². The normalized spacial score (nSPS) is 16.0. The molecule has 0 bridgehead atoms. The van der Waals surface area contributed by atoms with E-state index in [4.69, 9.17) is 5.11 Å². The van der Waals surface area contributed by atoms with Crippen molar-refractivity contribution in [3.63, 3.8) is 0 Å². The Bertz CT molecular complexity index is 706. The molecular weight excluding hydrogens is 324 g/mol. The number of hydrogen-bond acceptors (Lipinski definition) is 4. The molecule has 0 spiro atoms. The fraction of sp³-hybridized carbons (Fsp3) is 0.333. The minimum atomic E-state index is -0.867. The molecule has 6 heteroatoms. The maximum Gasteiger partial charge on any atom is 0.345 e. The summed E-state index contributed by atoms with van der Waals surface area (Å²) in [5.74, 6) is -0.883. The molecule has 2 aromatic rings. The number of benzene rings is 1. The molecule has 126 valence electrons. The standard InChI is InChI=1S/C18H20N2O3S/c21-17(14-4-2-1-3-5-14)19-15-6-8-20(9-7-15)11-13-10-16(18(22)23)24-12-13/h1-5,10,12,15H,6-9,11H2,(H,19,21)(H,22,23). The van der Waals surface area contributed by atoms with E-state index in [1.165, 1.54) is 11.3 Å². The number of rotatable bonds is 5.